The van der Waals surface area contributed by atoms with Gasteiger partial charge in [0.2, 0.25) is 0 Å². The number of rotatable bonds is 2. The van der Waals surface area contributed by atoms with Crippen LogP contribution >= 0.6 is 11.6 Å². The lowest BCUT2D eigenvalue weighted by Crippen LogP contribution is -2.17. The molecule has 0 spiro atoms. The molecule has 0 aliphatic carbocycles. The average molecular weight is 340 g/mol. The van der Waals surface area contributed by atoms with E-state index in [0.29, 0.717) is 27.4 Å². The van der Waals surface area contributed by atoms with Gasteiger partial charge in [-0.1, -0.05) is 23.7 Å². The Labute approximate surface area is 134 Å². The number of alkyl halides is 3. The molecule has 23 heavy (non-hydrogen) atoms. The molecule has 1 aliphatic heterocycles. The first-order valence-electron chi connectivity index (χ1n) is 6.51. The van der Waals surface area contributed by atoms with Gasteiger partial charge in [0.15, 0.2) is 0 Å². The van der Waals surface area contributed by atoms with Gasteiger partial charge in [0.05, 0.1) is 0 Å². The fraction of sp³-hybridized carbons (Fsp3) is 0.0625. The predicted molar refractivity (Wildman–Crippen MR) is 81.1 cm³/mol. The summed E-state index contributed by atoms with van der Waals surface area (Å²) in [7, 11) is 0. The Hall–Kier alpha value is -2.47. The molecular formula is C16H9ClF3NO2. The summed E-state index contributed by atoms with van der Waals surface area (Å²) in [6, 6.07) is 10.3. The lowest BCUT2D eigenvalue weighted by Gasteiger charge is -2.09. The quantitative estimate of drug-likeness (QED) is 0.803. The van der Waals surface area contributed by atoms with Crippen LogP contribution < -0.4 is 10.1 Å². The number of anilines is 1. The molecule has 1 N–H and O–H groups in total. The predicted octanol–water partition coefficient (Wildman–Crippen LogP) is 4.73. The molecule has 1 aliphatic rings. The molecule has 3 nitrogen and oxygen atoms in total. The van der Waals surface area contributed by atoms with Gasteiger partial charge >= 0.3 is 6.36 Å². The van der Waals surface area contributed by atoms with Crippen molar-refractivity contribution in [3.63, 3.8) is 0 Å². The van der Waals surface area contributed by atoms with Crippen LogP contribution in [0.4, 0.5) is 18.9 Å². The fourth-order valence-electron chi connectivity index (χ4n) is 2.27. The third kappa shape index (κ3) is 3.48. The molecule has 0 fully saturated rings. The minimum absolute atomic E-state index is 0.326. The minimum atomic E-state index is -4.77. The zero-order valence-electron chi connectivity index (χ0n) is 11.4. The normalized spacial score (nSPS) is 15.5. The molecule has 0 unspecified atom stereocenters. The van der Waals surface area contributed by atoms with Crippen molar-refractivity contribution in [2.75, 3.05) is 5.32 Å². The second-order valence-electron chi connectivity index (χ2n) is 4.82. The van der Waals surface area contributed by atoms with Crippen LogP contribution in [-0.2, 0) is 4.79 Å². The molecule has 0 bridgehead atoms. The van der Waals surface area contributed by atoms with Crippen LogP contribution in [0.25, 0.3) is 11.6 Å². The minimum Gasteiger partial charge on any atom is -0.406 e. The fourth-order valence-corrected chi connectivity index (χ4v) is 2.44. The van der Waals surface area contributed by atoms with Crippen molar-refractivity contribution >= 4 is 34.8 Å². The molecule has 0 saturated heterocycles. The van der Waals surface area contributed by atoms with Gasteiger partial charge < -0.3 is 10.1 Å². The first-order valence-corrected chi connectivity index (χ1v) is 6.88. The van der Waals surface area contributed by atoms with E-state index in [9.17, 15) is 18.0 Å². The van der Waals surface area contributed by atoms with Gasteiger partial charge in [0, 0.05) is 21.8 Å². The second kappa shape index (κ2) is 5.62. The maximum absolute atomic E-state index is 12.3. The number of nitrogens with one attached hydrogen (secondary N) is 1. The summed E-state index contributed by atoms with van der Waals surface area (Å²) < 4.78 is 40.7. The highest BCUT2D eigenvalue weighted by molar-refractivity contribution is 6.36. The number of fused-ring (bicyclic) bond motifs is 1. The molecule has 1 amide bonds. The van der Waals surface area contributed by atoms with Crippen LogP contribution in [0.15, 0.2) is 42.5 Å². The number of halogens is 4. The summed E-state index contributed by atoms with van der Waals surface area (Å²) in [6.07, 6.45) is -3.28. The standard InChI is InChI=1S/C16H9ClF3NO2/c17-10-4-5-14-12(8-10)13(15(22)21-14)7-9-2-1-3-11(6-9)23-16(18,19)20/h1-8H,(H,21,22). The Morgan fingerprint density at radius 3 is 2.65 bits per heavy atom. The van der Waals surface area contributed by atoms with Crippen LogP contribution in [0.3, 0.4) is 0 Å². The summed E-state index contributed by atoms with van der Waals surface area (Å²) >= 11 is 5.93. The maximum atomic E-state index is 12.3. The molecule has 7 heteroatoms. The monoisotopic (exact) mass is 339 g/mol. The summed E-state index contributed by atoms with van der Waals surface area (Å²) in [5.74, 6) is -0.694. The van der Waals surface area contributed by atoms with Crippen molar-refractivity contribution in [1.29, 1.82) is 0 Å². The van der Waals surface area contributed by atoms with E-state index in [1.807, 2.05) is 0 Å². The van der Waals surface area contributed by atoms with Crippen LogP contribution in [0.1, 0.15) is 11.1 Å². The first kappa shape index (κ1) is 15.4. The topological polar surface area (TPSA) is 38.3 Å². The summed E-state index contributed by atoms with van der Waals surface area (Å²) in [5.41, 5.74) is 1.94. The highest BCUT2D eigenvalue weighted by Crippen LogP contribution is 2.35. The summed E-state index contributed by atoms with van der Waals surface area (Å²) in [6.45, 7) is 0. The SMILES string of the molecule is O=C1Nc2ccc(Cl)cc2C1=Cc1cccc(OC(F)(F)F)c1. The van der Waals surface area contributed by atoms with E-state index in [1.165, 1.54) is 24.3 Å². The molecule has 0 aromatic heterocycles. The van der Waals surface area contributed by atoms with Gasteiger partial charge in [0.25, 0.3) is 5.91 Å². The number of carbonyl (C=O) groups is 1. The summed E-state index contributed by atoms with van der Waals surface area (Å²) in [4.78, 5) is 12.0. The van der Waals surface area contributed by atoms with E-state index in [2.05, 4.69) is 10.1 Å². The lowest BCUT2D eigenvalue weighted by molar-refractivity contribution is -0.274. The highest BCUT2D eigenvalue weighted by atomic mass is 35.5. The Morgan fingerprint density at radius 2 is 1.91 bits per heavy atom. The van der Waals surface area contributed by atoms with Crippen molar-refractivity contribution in [3.05, 3.63) is 58.6 Å². The van der Waals surface area contributed by atoms with Crippen molar-refractivity contribution in [3.8, 4) is 5.75 Å². The zero-order valence-corrected chi connectivity index (χ0v) is 12.2. The third-order valence-corrected chi connectivity index (χ3v) is 3.40. The Kier molecular flexibility index (Phi) is 3.77. The molecule has 0 radical (unpaired) electrons. The number of hydrogen-bond donors (Lipinski definition) is 1. The average Bonchev–Trinajstić information content (AvgIpc) is 2.74. The lowest BCUT2D eigenvalue weighted by atomic mass is 10.0. The van der Waals surface area contributed by atoms with Crippen molar-refractivity contribution in [2.45, 2.75) is 6.36 Å². The molecular weight excluding hydrogens is 331 g/mol. The molecule has 0 saturated carbocycles. The van der Waals surface area contributed by atoms with Crippen LogP contribution in [-0.4, -0.2) is 12.3 Å². The van der Waals surface area contributed by atoms with Crippen LogP contribution in [0, 0.1) is 0 Å². The number of hydrogen-bond acceptors (Lipinski definition) is 2. The van der Waals surface area contributed by atoms with E-state index in [-0.39, 0.29) is 11.7 Å². The Bertz CT molecular complexity index is 815. The van der Waals surface area contributed by atoms with Gasteiger partial charge in [-0.15, -0.1) is 13.2 Å². The number of carbonyl (C=O) groups excluding carboxylic acids is 1. The molecule has 118 valence electrons. The van der Waals surface area contributed by atoms with E-state index in [4.69, 9.17) is 11.6 Å². The zero-order chi connectivity index (χ0) is 16.6. The second-order valence-corrected chi connectivity index (χ2v) is 5.26. The first-order chi connectivity index (χ1) is 10.8. The van der Waals surface area contributed by atoms with Gasteiger partial charge in [-0.05, 0) is 42.0 Å². The molecule has 2 aromatic carbocycles. The van der Waals surface area contributed by atoms with E-state index < -0.39 is 6.36 Å². The van der Waals surface area contributed by atoms with Crippen LogP contribution in [0.5, 0.6) is 5.75 Å². The van der Waals surface area contributed by atoms with E-state index >= 15 is 0 Å². The number of amides is 1. The third-order valence-electron chi connectivity index (χ3n) is 3.17. The van der Waals surface area contributed by atoms with Gasteiger partial charge in [0.1, 0.15) is 5.75 Å². The molecule has 2 aromatic rings. The number of benzene rings is 2. The Balaban J connectivity index is 1.98. The largest absolute Gasteiger partial charge is 0.573 e. The highest BCUT2D eigenvalue weighted by Gasteiger charge is 2.31. The van der Waals surface area contributed by atoms with Crippen LogP contribution in [0.2, 0.25) is 5.02 Å². The maximum Gasteiger partial charge on any atom is 0.573 e. The Morgan fingerprint density at radius 1 is 1.13 bits per heavy atom. The van der Waals surface area contributed by atoms with Gasteiger partial charge in [-0.25, -0.2) is 0 Å². The summed E-state index contributed by atoms with van der Waals surface area (Å²) in [5, 5.41) is 3.13. The molecule has 1 heterocycles. The van der Waals surface area contributed by atoms with Gasteiger partial charge in [-0.3, -0.25) is 4.79 Å². The van der Waals surface area contributed by atoms with Crippen molar-refractivity contribution < 1.29 is 22.7 Å². The number of ether oxygens (including phenoxy) is 1. The van der Waals surface area contributed by atoms with Crippen molar-refractivity contribution in [2.24, 2.45) is 0 Å². The van der Waals surface area contributed by atoms with E-state index in [0.717, 1.165) is 0 Å². The van der Waals surface area contributed by atoms with Crippen molar-refractivity contribution in [1.82, 2.24) is 0 Å². The van der Waals surface area contributed by atoms with E-state index in [1.54, 1.807) is 24.3 Å². The smallest absolute Gasteiger partial charge is 0.406 e. The molecule has 0 atom stereocenters. The van der Waals surface area contributed by atoms with Gasteiger partial charge in [-0.2, -0.15) is 0 Å². The molecule has 3 rings (SSSR count).